The quantitative estimate of drug-likeness (QED) is 0.834. The molecule has 1 aromatic heterocycles. The fourth-order valence-electron chi connectivity index (χ4n) is 3.03. The first-order valence-corrected chi connectivity index (χ1v) is 8.73. The third-order valence-electron chi connectivity index (χ3n) is 4.24. The first kappa shape index (κ1) is 21.8. The lowest BCUT2D eigenvalue weighted by Crippen LogP contribution is -2.51. The largest absolute Gasteiger partial charge is 0.333 e. The molecule has 2 atom stereocenters. The van der Waals surface area contributed by atoms with Crippen LogP contribution in [0.3, 0.4) is 0 Å². The lowest BCUT2D eigenvalue weighted by molar-refractivity contribution is 0.0578. The van der Waals surface area contributed by atoms with Crippen molar-refractivity contribution in [1.82, 2.24) is 9.88 Å². The van der Waals surface area contributed by atoms with Gasteiger partial charge in [0, 0.05) is 29.6 Å². The van der Waals surface area contributed by atoms with E-state index in [1.54, 1.807) is 23.6 Å². The van der Waals surface area contributed by atoms with Crippen LogP contribution in [0.1, 0.15) is 36.7 Å². The SMILES string of the molecule is CC(N)C1CCCCN1C(=O)c1csc(-c2ccccc2F)n1.Cl.Cl. The molecule has 2 aromatic rings. The number of piperidine rings is 1. The number of benzene rings is 1. The van der Waals surface area contributed by atoms with Crippen LogP contribution in [0, 0.1) is 5.82 Å². The molecule has 1 aliphatic heterocycles. The standard InChI is InChI=1S/C17H20FN3OS.2ClH/c1-11(19)15-8-4-5-9-21(15)17(22)14-10-23-16(20-14)12-6-2-3-7-13(12)18;;/h2-3,6-7,10-11,15H,4-5,8-9,19H2,1H3;2*1H. The highest BCUT2D eigenvalue weighted by Crippen LogP contribution is 2.28. The van der Waals surface area contributed by atoms with Gasteiger partial charge in [-0.1, -0.05) is 12.1 Å². The monoisotopic (exact) mass is 405 g/mol. The normalized spacial score (nSPS) is 18.0. The summed E-state index contributed by atoms with van der Waals surface area (Å²) in [6, 6.07) is 6.46. The number of hydrogen-bond donors (Lipinski definition) is 1. The topological polar surface area (TPSA) is 59.2 Å². The molecule has 1 saturated heterocycles. The highest BCUT2D eigenvalue weighted by Gasteiger charge is 2.31. The van der Waals surface area contributed by atoms with Crippen molar-refractivity contribution in [3.8, 4) is 10.6 Å². The van der Waals surface area contributed by atoms with Crippen molar-refractivity contribution in [3.63, 3.8) is 0 Å². The van der Waals surface area contributed by atoms with Crippen molar-refractivity contribution < 1.29 is 9.18 Å². The molecule has 1 fully saturated rings. The highest BCUT2D eigenvalue weighted by atomic mass is 35.5. The molecule has 4 nitrogen and oxygen atoms in total. The van der Waals surface area contributed by atoms with E-state index in [-0.39, 0.29) is 48.6 Å². The van der Waals surface area contributed by atoms with E-state index < -0.39 is 0 Å². The highest BCUT2D eigenvalue weighted by molar-refractivity contribution is 7.13. The number of carbonyl (C=O) groups is 1. The van der Waals surface area contributed by atoms with E-state index in [0.29, 0.717) is 22.8 Å². The molecular weight excluding hydrogens is 384 g/mol. The second kappa shape index (κ2) is 9.48. The van der Waals surface area contributed by atoms with E-state index in [0.717, 1.165) is 19.3 Å². The van der Waals surface area contributed by atoms with Crippen LogP contribution < -0.4 is 5.73 Å². The molecule has 8 heteroatoms. The molecule has 3 rings (SSSR count). The van der Waals surface area contributed by atoms with Gasteiger partial charge in [-0.3, -0.25) is 4.79 Å². The maximum Gasteiger partial charge on any atom is 0.273 e. The zero-order valence-electron chi connectivity index (χ0n) is 13.9. The maximum atomic E-state index is 13.9. The van der Waals surface area contributed by atoms with E-state index in [2.05, 4.69) is 4.98 Å². The van der Waals surface area contributed by atoms with E-state index >= 15 is 0 Å². The second-order valence-electron chi connectivity index (χ2n) is 5.94. The van der Waals surface area contributed by atoms with Crippen molar-refractivity contribution in [3.05, 3.63) is 41.2 Å². The van der Waals surface area contributed by atoms with Gasteiger partial charge in [-0.25, -0.2) is 9.37 Å². The zero-order valence-corrected chi connectivity index (χ0v) is 16.3. The number of thiazole rings is 1. The predicted molar refractivity (Wildman–Crippen MR) is 104 cm³/mol. The lowest BCUT2D eigenvalue weighted by Gasteiger charge is -2.37. The third-order valence-corrected chi connectivity index (χ3v) is 5.12. The fraction of sp³-hybridized carbons (Fsp3) is 0.412. The van der Waals surface area contributed by atoms with Crippen molar-refractivity contribution in [2.24, 2.45) is 5.73 Å². The van der Waals surface area contributed by atoms with Crippen LogP contribution in [0.5, 0.6) is 0 Å². The summed E-state index contributed by atoms with van der Waals surface area (Å²) in [5.74, 6) is -0.432. The summed E-state index contributed by atoms with van der Waals surface area (Å²) in [5.41, 5.74) is 6.83. The van der Waals surface area contributed by atoms with Crippen LogP contribution >= 0.6 is 36.2 Å². The second-order valence-corrected chi connectivity index (χ2v) is 6.80. The number of nitrogens with two attached hydrogens (primary N) is 1. The van der Waals surface area contributed by atoms with Crippen LogP contribution in [0.25, 0.3) is 10.6 Å². The van der Waals surface area contributed by atoms with Crippen LogP contribution in [0.4, 0.5) is 4.39 Å². The molecule has 1 aromatic carbocycles. The van der Waals surface area contributed by atoms with Crippen molar-refractivity contribution in [2.75, 3.05) is 6.54 Å². The summed E-state index contributed by atoms with van der Waals surface area (Å²) in [5, 5.41) is 2.23. The Bertz CT molecular complexity index is 711. The number of hydrogen-bond acceptors (Lipinski definition) is 4. The molecule has 25 heavy (non-hydrogen) atoms. The summed E-state index contributed by atoms with van der Waals surface area (Å²) < 4.78 is 13.9. The van der Waals surface area contributed by atoms with Gasteiger partial charge in [0.05, 0.1) is 0 Å². The van der Waals surface area contributed by atoms with Gasteiger partial charge in [0.1, 0.15) is 16.5 Å². The number of likely N-dealkylation sites (tertiary alicyclic amines) is 1. The summed E-state index contributed by atoms with van der Waals surface area (Å²) in [4.78, 5) is 18.9. The molecule has 2 heterocycles. The van der Waals surface area contributed by atoms with Gasteiger partial charge in [0.25, 0.3) is 5.91 Å². The zero-order chi connectivity index (χ0) is 16.4. The van der Waals surface area contributed by atoms with Crippen LogP contribution in [-0.4, -0.2) is 34.4 Å². The Morgan fingerprint density at radius 2 is 2.08 bits per heavy atom. The first-order valence-electron chi connectivity index (χ1n) is 7.85. The Morgan fingerprint density at radius 1 is 1.36 bits per heavy atom. The van der Waals surface area contributed by atoms with Crippen LogP contribution in [0.15, 0.2) is 29.6 Å². The fourth-order valence-corrected chi connectivity index (χ4v) is 3.85. The van der Waals surface area contributed by atoms with Gasteiger partial charge in [0.2, 0.25) is 0 Å². The minimum absolute atomic E-state index is 0. The Kier molecular flexibility index (Phi) is 8.28. The van der Waals surface area contributed by atoms with E-state index in [1.165, 1.54) is 17.4 Å². The molecule has 2 unspecified atom stereocenters. The number of rotatable bonds is 3. The number of amides is 1. The molecule has 0 radical (unpaired) electrons. The number of nitrogens with zero attached hydrogens (tertiary/aromatic N) is 2. The maximum absolute atomic E-state index is 13.9. The molecule has 0 aliphatic carbocycles. The van der Waals surface area contributed by atoms with Gasteiger partial charge in [0.15, 0.2) is 0 Å². The van der Waals surface area contributed by atoms with Gasteiger partial charge in [-0.05, 0) is 38.3 Å². The van der Waals surface area contributed by atoms with Crippen LogP contribution in [0.2, 0.25) is 0 Å². The Balaban J connectivity index is 0.00000156. The van der Waals surface area contributed by atoms with Crippen molar-refractivity contribution >= 4 is 42.1 Å². The average Bonchev–Trinajstić information content (AvgIpc) is 3.04. The Labute approximate surface area is 163 Å². The smallest absolute Gasteiger partial charge is 0.273 e. The van der Waals surface area contributed by atoms with E-state index in [9.17, 15) is 9.18 Å². The Hall–Kier alpha value is -1.21. The van der Waals surface area contributed by atoms with Gasteiger partial charge < -0.3 is 10.6 Å². The van der Waals surface area contributed by atoms with Gasteiger partial charge in [-0.15, -0.1) is 36.2 Å². The number of aromatic nitrogens is 1. The molecule has 0 spiro atoms. The third kappa shape index (κ3) is 4.70. The van der Waals surface area contributed by atoms with E-state index in [1.807, 2.05) is 11.8 Å². The predicted octanol–water partition coefficient (Wildman–Crippen LogP) is 4.13. The van der Waals surface area contributed by atoms with Crippen LogP contribution in [-0.2, 0) is 0 Å². The van der Waals surface area contributed by atoms with Crippen molar-refractivity contribution in [2.45, 2.75) is 38.3 Å². The molecule has 1 amide bonds. The summed E-state index contributed by atoms with van der Waals surface area (Å²) in [7, 11) is 0. The molecule has 138 valence electrons. The van der Waals surface area contributed by atoms with E-state index in [4.69, 9.17) is 5.73 Å². The first-order chi connectivity index (χ1) is 11.1. The lowest BCUT2D eigenvalue weighted by atomic mass is 9.96. The number of carbonyl (C=O) groups excluding carboxylic acids is 1. The summed E-state index contributed by atoms with van der Waals surface area (Å²) >= 11 is 1.29. The van der Waals surface area contributed by atoms with Gasteiger partial charge in [-0.2, -0.15) is 0 Å². The summed E-state index contributed by atoms with van der Waals surface area (Å²) in [6.45, 7) is 2.64. The molecule has 0 saturated carbocycles. The molecule has 0 bridgehead atoms. The van der Waals surface area contributed by atoms with Gasteiger partial charge >= 0.3 is 0 Å². The average molecular weight is 406 g/mol. The number of halogens is 3. The summed E-state index contributed by atoms with van der Waals surface area (Å²) in [6.07, 6.45) is 3.00. The van der Waals surface area contributed by atoms with Crippen molar-refractivity contribution in [1.29, 1.82) is 0 Å². The molecular formula is C17H22Cl2FN3OS. The Morgan fingerprint density at radius 3 is 2.76 bits per heavy atom. The minimum atomic E-state index is -0.327. The molecule has 2 N–H and O–H groups in total. The minimum Gasteiger partial charge on any atom is -0.333 e. The molecule has 1 aliphatic rings.